The van der Waals surface area contributed by atoms with Gasteiger partial charge in [0.2, 0.25) is 0 Å². The molecule has 18 heavy (non-hydrogen) atoms. The maximum atomic E-state index is 10.1. The van der Waals surface area contributed by atoms with Gasteiger partial charge in [-0.15, -0.1) is 0 Å². The van der Waals surface area contributed by atoms with Gasteiger partial charge in [-0.3, -0.25) is 0 Å². The molecule has 1 atom stereocenters. The molecular weight excluding hydrogens is 226 g/mol. The molecule has 0 amide bonds. The van der Waals surface area contributed by atoms with E-state index in [1.807, 2.05) is 31.2 Å². The first-order valence-electron chi connectivity index (χ1n) is 6.84. The fourth-order valence-electron chi connectivity index (χ4n) is 1.96. The summed E-state index contributed by atoms with van der Waals surface area (Å²) in [4.78, 5) is 2.32. The van der Waals surface area contributed by atoms with Crippen molar-refractivity contribution in [2.24, 2.45) is 0 Å². The van der Waals surface area contributed by atoms with E-state index >= 15 is 0 Å². The highest BCUT2D eigenvalue weighted by molar-refractivity contribution is 5.28. The topological polar surface area (TPSA) is 32.7 Å². The van der Waals surface area contributed by atoms with Gasteiger partial charge in [0, 0.05) is 6.54 Å². The number of aliphatic hydroxyl groups excluding tert-OH is 1. The molecular formula is C15H25NO2. The summed E-state index contributed by atoms with van der Waals surface area (Å²) < 4.78 is 5.38. The van der Waals surface area contributed by atoms with E-state index in [-0.39, 0.29) is 6.10 Å². The van der Waals surface area contributed by atoms with E-state index in [0.717, 1.165) is 37.4 Å². The second kappa shape index (κ2) is 8.11. The molecule has 0 saturated carbocycles. The summed E-state index contributed by atoms with van der Waals surface area (Å²) in [5.74, 6) is 0.859. The van der Waals surface area contributed by atoms with Gasteiger partial charge in [0.15, 0.2) is 0 Å². The average molecular weight is 251 g/mol. The van der Waals surface area contributed by atoms with Crippen LogP contribution in [0.5, 0.6) is 5.75 Å². The third kappa shape index (κ3) is 4.67. The Morgan fingerprint density at radius 3 is 2.22 bits per heavy atom. The first-order valence-corrected chi connectivity index (χ1v) is 6.84. The Labute approximate surface area is 110 Å². The van der Waals surface area contributed by atoms with E-state index < -0.39 is 0 Å². The van der Waals surface area contributed by atoms with Crippen LogP contribution in [0.3, 0.4) is 0 Å². The van der Waals surface area contributed by atoms with E-state index in [2.05, 4.69) is 18.7 Å². The molecule has 0 heterocycles. The van der Waals surface area contributed by atoms with Crippen LogP contribution >= 0.6 is 0 Å². The predicted molar refractivity (Wildman–Crippen MR) is 75.0 cm³/mol. The van der Waals surface area contributed by atoms with E-state index in [9.17, 15) is 5.11 Å². The zero-order valence-electron chi connectivity index (χ0n) is 11.7. The molecule has 0 aliphatic carbocycles. The van der Waals surface area contributed by atoms with Crippen LogP contribution in [0, 0.1) is 0 Å². The standard InChI is InChI=1S/C15H25NO2/c1-4-16(5-2)12-11-15(17)13-7-9-14(10-8-13)18-6-3/h7-10,15,17H,4-6,11-12H2,1-3H3. The van der Waals surface area contributed by atoms with Gasteiger partial charge in [-0.2, -0.15) is 0 Å². The molecule has 0 fully saturated rings. The van der Waals surface area contributed by atoms with Gasteiger partial charge >= 0.3 is 0 Å². The van der Waals surface area contributed by atoms with Crippen LogP contribution in [0.2, 0.25) is 0 Å². The first-order chi connectivity index (χ1) is 8.71. The SMILES string of the molecule is CCOc1ccc(C(O)CCN(CC)CC)cc1. The lowest BCUT2D eigenvalue weighted by atomic mass is 10.1. The zero-order valence-corrected chi connectivity index (χ0v) is 11.7. The van der Waals surface area contributed by atoms with E-state index in [1.165, 1.54) is 0 Å². The van der Waals surface area contributed by atoms with E-state index in [1.54, 1.807) is 0 Å². The number of nitrogens with zero attached hydrogens (tertiary/aromatic N) is 1. The van der Waals surface area contributed by atoms with Crippen LogP contribution < -0.4 is 4.74 Å². The minimum atomic E-state index is -0.388. The summed E-state index contributed by atoms with van der Waals surface area (Å²) in [6, 6.07) is 7.72. The number of aliphatic hydroxyl groups is 1. The summed E-state index contributed by atoms with van der Waals surface area (Å²) >= 11 is 0. The number of hydrogen-bond donors (Lipinski definition) is 1. The fraction of sp³-hybridized carbons (Fsp3) is 0.600. The number of rotatable bonds is 8. The molecule has 0 aliphatic heterocycles. The van der Waals surface area contributed by atoms with Crippen molar-refractivity contribution >= 4 is 0 Å². The van der Waals surface area contributed by atoms with Crippen LogP contribution in [-0.4, -0.2) is 36.2 Å². The highest BCUT2D eigenvalue weighted by Crippen LogP contribution is 2.20. The Bertz CT molecular complexity index is 320. The maximum absolute atomic E-state index is 10.1. The smallest absolute Gasteiger partial charge is 0.119 e. The molecule has 1 aromatic rings. The summed E-state index contributed by atoms with van der Waals surface area (Å²) in [5.41, 5.74) is 0.964. The van der Waals surface area contributed by atoms with Crippen LogP contribution in [0.15, 0.2) is 24.3 Å². The van der Waals surface area contributed by atoms with Crippen LogP contribution in [0.25, 0.3) is 0 Å². The molecule has 0 spiro atoms. The van der Waals surface area contributed by atoms with Gasteiger partial charge in [-0.05, 0) is 44.1 Å². The maximum Gasteiger partial charge on any atom is 0.119 e. The fourth-order valence-corrected chi connectivity index (χ4v) is 1.96. The van der Waals surface area contributed by atoms with Gasteiger partial charge in [-0.1, -0.05) is 26.0 Å². The third-order valence-electron chi connectivity index (χ3n) is 3.19. The quantitative estimate of drug-likeness (QED) is 0.771. The highest BCUT2D eigenvalue weighted by Gasteiger charge is 2.09. The summed E-state index contributed by atoms with van der Waals surface area (Å²) in [6.07, 6.45) is 0.386. The number of benzene rings is 1. The summed E-state index contributed by atoms with van der Waals surface area (Å²) in [7, 11) is 0. The van der Waals surface area contributed by atoms with Gasteiger partial charge in [0.25, 0.3) is 0 Å². The average Bonchev–Trinajstić information content (AvgIpc) is 2.41. The highest BCUT2D eigenvalue weighted by atomic mass is 16.5. The van der Waals surface area contributed by atoms with Crippen molar-refractivity contribution < 1.29 is 9.84 Å². The van der Waals surface area contributed by atoms with Crippen molar-refractivity contribution in [3.8, 4) is 5.75 Å². The van der Waals surface area contributed by atoms with Crippen molar-refractivity contribution in [3.05, 3.63) is 29.8 Å². The molecule has 0 radical (unpaired) electrons. The van der Waals surface area contributed by atoms with Crippen molar-refractivity contribution in [2.75, 3.05) is 26.2 Å². The summed E-state index contributed by atoms with van der Waals surface area (Å²) in [6.45, 7) is 9.93. The Morgan fingerprint density at radius 2 is 1.72 bits per heavy atom. The van der Waals surface area contributed by atoms with Crippen LogP contribution in [0.4, 0.5) is 0 Å². The molecule has 0 aliphatic rings. The number of ether oxygens (including phenoxy) is 1. The molecule has 3 heteroatoms. The van der Waals surface area contributed by atoms with E-state index in [4.69, 9.17) is 4.74 Å². The minimum Gasteiger partial charge on any atom is -0.494 e. The molecule has 1 rings (SSSR count). The second-order valence-electron chi connectivity index (χ2n) is 4.33. The molecule has 1 N–H and O–H groups in total. The first kappa shape index (κ1) is 15.0. The Morgan fingerprint density at radius 1 is 1.11 bits per heavy atom. The lowest BCUT2D eigenvalue weighted by molar-refractivity contribution is 0.145. The van der Waals surface area contributed by atoms with Crippen LogP contribution in [-0.2, 0) is 0 Å². The zero-order chi connectivity index (χ0) is 13.4. The predicted octanol–water partition coefficient (Wildman–Crippen LogP) is 2.85. The molecule has 0 bridgehead atoms. The molecule has 1 aromatic carbocycles. The lowest BCUT2D eigenvalue weighted by Gasteiger charge is -2.20. The van der Waals surface area contributed by atoms with Crippen molar-refractivity contribution in [3.63, 3.8) is 0 Å². The monoisotopic (exact) mass is 251 g/mol. The van der Waals surface area contributed by atoms with Gasteiger partial charge < -0.3 is 14.7 Å². The van der Waals surface area contributed by atoms with Crippen molar-refractivity contribution in [1.82, 2.24) is 4.90 Å². The van der Waals surface area contributed by atoms with Gasteiger partial charge in [-0.25, -0.2) is 0 Å². The molecule has 3 nitrogen and oxygen atoms in total. The van der Waals surface area contributed by atoms with Crippen molar-refractivity contribution in [1.29, 1.82) is 0 Å². The summed E-state index contributed by atoms with van der Waals surface area (Å²) in [5, 5.41) is 10.1. The molecule has 0 saturated heterocycles. The molecule has 102 valence electrons. The Hall–Kier alpha value is -1.06. The second-order valence-corrected chi connectivity index (χ2v) is 4.33. The van der Waals surface area contributed by atoms with Gasteiger partial charge in [0.1, 0.15) is 5.75 Å². The Balaban J connectivity index is 2.48. The van der Waals surface area contributed by atoms with Gasteiger partial charge in [0.05, 0.1) is 12.7 Å². The molecule has 0 aromatic heterocycles. The lowest BCUT2D eigenvalue weighted by Crippen LogP contribution is -2.25. The molecule has 1 unspecified atom stereocenters. The largest absolute Gasteiger partial charge is 0.494 e. The Kier molecular flexibility index (Phi) is 6.76. The normalized spacial score (nSPS) is 12.7. The van der Waals surface area contributed by atoms with Crippen molar-refractivity contribution in [2.45, 2.75) is 33.3 Å². The van der Waals surface area contributed by atoms with Crippen LogP contribution in [0.1, 0.15) is 38.9 Å². The minimum absolute atomic E-state index is 0.388. The third-order valence-corrected chi connectivity index (χ3v) is 3.19. The number of hydrogen-bond acceptors (Lipinski definition) is 3. The van der Waals surface area contributed by atoms with E-state index in [0.29, 0.717) is 6.61 Å².